The average Bonchev–Trinajstić information content (AvgIpc) is 2.48. The first kappa shape index (κ1) is 11.6. The van der Waals surface area contributed by atoms with Gasteiger partial charge in [-0.2, -0.15) is 0 Å². The second-order valence-corrected chi connectivity index (χ2v) is 4.44. The highest BCUT2D eigenvalue weighted by molar-refractivity contribution is 5.75. The Kier molecular flexibility index (Phi) is 2.83. The molecule has 94 valence electrons. The first-order valence-electron chi connectivity index (χ1n) is 6.13. The van der Waals surface area contributed by atoms with Gasteiger partial charge in [-0.25, -0.2) is 4.98 Å². The van der Waals surface area contributed by atoms with Gasteiger partial charge in [-0.15, -0.1) is 0 Å². The summed E-state index contributed by atoms with van der Waals surface area (Å²) >= 11 is 0. The van der Waals surface area contributed by atoms with Gasteiger partial charge in [0.05, 0.1) is 29.5 Å². The van der Waals surface area contributed by atoms with Gasteiger partial charge in [-0.05, 0) is 18.6 Å². The van der Waals surface area contributed by atoms with Crippen LogP contribution in [0.2, 0.25) is 0 Å². The summed E-state index contributed by atoms with van der Waals surface area (Å²) < 4.78 is 1.65. The Morgan fingerprint density at radius 1 is 1.16 bits per heavy atom. The van der Waals surface area contributed by atoms with Crippen molar-refractivity contribution in [2.45, 2.75) is 13.0 Å². The van der Waals surface area contributed by atoms with Crippen molar-refractivity contribution in [3.05, 3.63) is 71.0 Å². The number of hydrogen-bond acceptors (Lipinski definition) is 3. The number of benzene rings is 1. The fourth-order valence-corrected chi connectivity index (χ4v) is 2.15. The zero-order chi connectivity index (χ0) is 13.2. The number of fused-ring (bicyclic) bond motifs is 1. The van der Waals surface area contributed by atoms with Gasteiger partial charge < -0.3 is 0 Å². The van der Waals surface area contributed by atoms with Crippen LogP contribution < -0.4 is 5.56 Å². The largest absolute Gasteiger partial charge is 0.291 e. The van der Waals surface area contributed by atoms with Crippen LogP contribution in [-0.4, -0.2) is 14.5 Å². The van der Waals surface area contributed by atoms with E-state index in [-0.39, 0.29) is 11.6 Å². The monoisotopic (exact) mass is 251 g/mol. The van der Waals surface area contributed by atoms with Crippen LogP contribution in [0.3, 0.4) is 0 Å². The lowest BCUT2D eigenvalue weighted by Crippen LogP contribution is -2.24. The molecule has 0 fully saturated rings. The predicted molar refractivity (Wildman–Crippen MR) is 74.1 cm³/mol. The van der Waals surface area contributed by atoms with Gasteiger partial charge in [-0.3, -0.25) is 14.3 Å². The fraction of sp³-hybridized carbons (Fsp3) is 0.133. The summed E-state index contributed by atoms with van der Waals surface area (Å²) in [5.41, 5.74) is 1.67. The van der Waals surface area contributed by atoms with Crippen molar-refractivity contribution in [3.63, 3.8) is 0 Å². The molecule has 0 radical (unpaired) electrons. The van der Waals surface area contributed by atoms with Crippen molar-refractivity contribution in [1.29, 1.82) is 0 Å². The van der Waals surface area contributed by atoms with E-state index in [1.807, 2.05) is 37.3 Å². The summed E-state index contributed by atoms with van der Waals surface area (Å²) in [4.78, 5) is 20.7. The zero-order valence-corrected chi connectivity index (χ0v) is 10.5. The van der Waals surface area contributed by atoms with Crippen molar-refractivity contribution in [2.75, 3.05) is 0 Å². The third-order valence-corrected chi connectivity index (χ3v) is 3.29. The van der Waals surface area contributed by atoms with E-state index in [1.165, 1.54) is 0 Å². The fourth-order valence-electron chi connectivity index (χ4n) is 2.15. The van der Waals surface area contributed by atoms with Crippen LogP contribution in [0, 0.1) is 0 Å². The minimum absolute atomic E-state index is 0.0382. The Balaban J connectivity index is 2.16. The molecule has 1 unspecified atom stereocenters. The lowest BCUT2D eigenvalue weighted by Gasteiger charge is -2.15. The molecule has 4 nitrogen and oxygen atoms in total. The highest BCUT2D eigenvalue weighted by Crippen LogP contribution is 2.16. The SMILES string of the molecule is CC(c1ccccc1)n1cnc2cnccc2c1=O. The molecule has 0 saturated carbocycles. The van der Waals surface area contributed by atoms with Crippen molar-refractivity contribution < 1.29 is 0 Å². The molecule has 3 rings (SSSR count). The van der Waals surface area contributed by atoms with Gasteiger partial charge in [0, 0.05) is 6.20 Å². The smallest absolute Gasteiger partial charge is 0.261 e. The molecule has 0 amide bonds. The Bertz CT molecular complexity index is 765. The van der Waals surface area contributed by atoms with E-state index in [2.05, 4.69) is 9.97 Å². The van der Waals surface area contributed by atoms with Crippen molar-refractivity contribution >= 4 is 10.9 Å². The number of nitrogens with zero attached hydrogens (tertiary/aromatic N) is 3. The lowest BCUT2D eigenvalue weighted by atomic mass is 10.1. The first-order valence-corrected chi connectivity index (χ1v) is 6.13. The van der Waals surface area contributed by atoms with Crippen LogP contribution in [0.15, 0.2) is 59.9 Å². The normalized spacial score (nSPS) is 12.5. The highest BCUT2D eigenvalue weighted by atomic mass is 16.1. The molecule has 19 heavy (non-hydrogen) atoms. The van der Waals surface area contributed by atoms with E-state index in [4.69, 9.17) is 0 Å². The summed E-state index contributed by atoms with van der Waals surface area (Å²) in [5.74, 6) is 0. The molecule has 0 aliphatic carbocycles. The number of pyridine rings is 1. The Morgan fingerprint density at radius 3 is 2.74 bits per heavy atom. The molecular weight excluding hydrogens is 238 g/mol. The van der Waals surface area contributed by atoms with Crippen molar-refractivity contribution in [1.82, 2.24) is 14.5 Å². The second kappa shape index (κ2) is 4.65. The van der Waals surface area contributed by atoms with Gasteiger partial charge >= 0.3 is 0 Å². The molecule has 0 aliphatic rings. The van der Waals surface area contributed by atoms with Gasteiger partial charge in [0.15, 0.2) is 0 Å². The maximum atomic E-state index is 12.4. The molecular formula is C15H13N3O. The van der Waals surface area contributed by atoms with E-state index < -0.39 is 0 Å². The molecule has 1 atom stereocenters. The molecule has 0 bridgehead atoms. The van der Waals surface area contributed by atoms with Gasteiger partial charge in [0.2, 0.25) is 0 Å². The summed E-state index contributed by atoms with van der Waals surface area (Å²) in [7, 11) is 0. The van der Waals surface area contributed by atoms with E-state index >= 15 is 0 Å². The van der Waals surface area contributed by atoms with Crippen LogP contribution in [0.25, 0.3) is 10.9 Å². The van der Waals surface area contributed by atoms with Gasteiger partial charge in [0.25, 0.3) is 5.56 Å². The van der Waals surface area contributed by atoms with E-state index in [0.29, 0.717) is 10.9 Å². The maximum absolute atomic E-state index is 12.4. The molecule has 0 N–H and O–H groups in total. The summed E-state index contributed by atoms with van der Waals surface area (Å²) in [6.07, 6.45) is 4.81. The first-order chi connectivity index (χ1) is 9.27. The highest BCUT2D eigenvalue weighted by Gasteiger charge is 2.11. The van der Waals surface area contributed by atoms with Crippen LogP contribution in [-0.2, 0) is 0 Å². The number of aromatic nitrogens is 3. The summed E-state index contributed by atoms with van der Waals surface area (Å²) in [6, 6.07) is 11.6. The molecule has 0 aliphatic heterocycles. The van der Waals surface area contributed by atoms with Crippen LogP contribution in [0.1, 0.15) is 18.5 Å². The quantitative estimate of drug-likeness (QED) is 0.702. The standard InChI is InChI=1S/C15H13N3O/c1-11(12-5-3-2-4-6-12)18-10-17-14-9-16-8-7-13(14)15(18)19/h2-11H,1H3. The maximum Gasteiger partial charge on any atom is 0.261 e. The van der Waals surface area contributed by atoms with E-state index in [1.54, 1.807) is 29.4 Å². The topological polar surface area (TPSA) is 47.8 Å². The second-order valence-electron chi connectivity index (χ2n) is 4.44. The van der Waals surface area contributed by atoms with Crippen LogP contribution in [0.5, 0.6) is 0 Å². The number of rotatable bonds is 2. The molecule has 0 saturated heterocycles. The minimum atomic E-state index is -0.0428. The number of hydrogen-bond donors (Lipinski definition) is 0. The van der Waals surface area contributed by atoms with E-state index in [0.717, 1.165) is 5.56 Å². The van der Waals surface area contributed by atoms with Gasteiger partial charge in [0.1, 0.15) is 0 Å². The zero-order valence-electron chi connectivity index (χ0n) is 10.5. The van der Waals surface area contributed by atoms with Gasteiger partial charge in [-0.1, -0.05) is 30.3 Å². The molecule has 4 heteroatoms. The molecule has 0 spiro atoms. The average molecular weight is 251 g/mol. The molecule has 2 heterocycles. The predicted octanol–water partition coefficient (Wildman–Crippen LogP) is 2.40. The summed E-state index contributed by atoms with van der Waals surface area (Å²) in [6.45, 7) is 1.99. The molecule has 2 aromatic heterocycles. The lowest BCUT2D eigenvalue weighted by molar-refractivity contribution is 0.609. The summed E-state index contributed by atoms with van der Waals surface area (Å²) in [5, 5.41) is 0.597. The minimum Gasteiger partial charge on any atom is -0.291 e. The third-order valence-electron chi connectivity index (χ3n) is 3.29. The van der Waals surface area contributed by atoms with Crippen molar-refractivity contribution in [3.8, 4) is 0 Å². The Labute approximate surface area is 110 Å². The molecule has 3 aromatic rings. The van der Waals surface area contributed by atoms with Crippen LogP contribution >= 0.6 is 0 Å². The van der Waals surface area contributed by atoms with Crippen LogP contribution in [0.4, 0.5) is 0 Å². The Hall–Kier alpha value is -2.49. The third kappa shape index (κ3) is 2.01. The molecule has 1 aromatic carbocycles. The van der Waals surface area contributed by atoms with Crippen molar-refractivity contribution in [2.24, 2.45) is 0 Å². The van der Waals surface area contributed by atoms with E-state index in [9.17, 15) is 4.79 Å². The Morgan fingerprint density at radius 2 is 1.95 bits per heavy atom.